The van der Waals surface area contributed by atoms with Crippen LogP contribution in [0.2, 0.25) is 0 Å². The molecule has 1 atom stereocenters. The van der Waals surface area contributed by atoms with Gasteiger partial charge in [-0.2, -0.15) is 0 Å². The Morgan fingerprint density at radius 2 is 2.46 bits per heavy atom. The maximum absolute atomic E-state index is 11.4. The van der Waals surface area contributed by atoms with Crippen molar-refractivity contribution in [2.75, 3.05) is 0 Å². The second-order valence-corrected chi connectivity index (χ2v) is 3.03. The van der Waals surface area contributed by atoms with Gasteiger partial charge in [0.25, 0.3) is 5.91 Å². The molecule has 1 rings (SSSR count). The van der Waals surface area contributed by atoms with Crippen LogP contribution in [-0.4, -0.2) is 16.9 Å². The molecule has 0 saturated heterocycles. The van der Waals surface area contributed by atoms with E-state index in [0.717, 1.165) is 6.42 Å². The highest BCUT2D eigenvalue weighted by molar-refractivity contribution is 5.92. The summed E-state index contributed by atoms with van der Waals surface area (Å²) in [5.74, 6) is 0.334. The fourth-order valence-corrected chi connectivity index (χ4v) is 0.868. The average molecular weight is 182 g/mol. The Balaban J connectivity index is 2.58. The Hall–Kier alpha value is -1.32. The van der Waals surface area contributed by atoms with E-state index in [1.165, 1.54) is 6.26 Å². The Labute approximate surface area is 77.3 Å². The predicted octanol–water partition coefficient (Wildman–Crippen LogP) is 1.51. The monoisotopic (exact) mass is 182 g/mol. The Morgan fingerprint density at radius 3 is 2.92 bits per heavy atom. The highest BCUT2D eigenvalue weighted by Gasteiger charge is 2.11. The van der Waals surface area contributed by atoms with Crippen molar-refractivity contribution in [3.63, 3.8) is 0 Å². The Kier molecular flexibility index (Phi) is 3.06. The molecule has 0 fully saturated rings. The first-order valence-corrected chi connectivity index (χ1v) is 4.36. The molecule has 1 N–H and O–H groups in total. The molecule has 13 heavy (non-hydrogen) atoms. The Morgan fingerprint density at radius 1 is 1.77 bits per heavy atom. The number of nitrogens with one attached hydrogen (secondary N) is 1. The van der Waals surface area contributed by atoms with E-state index in [0.29, 0.717) is 11.6 Å². The lowest BCUT2D eigenvalue weighted by molar-refractivity contribution is 0.0934. The topological polar surface area (TPSA) is 55.1 Å². The number of aryl methyl sites for hydroxylation is 1. The predicted molar refractivity (Wildman–Crippen MR) is 48.5 cm³/mol. The van der Waals surface area contributed by atoms with Gasteiger partial charge in [0.05, 0.1) is 0 Å². The second kappa shape index (κ2) is 4.07. The van der Waals surface area contributed by atoms with Crippen molar-refractivity contribution >= 4 is 5.91 Å². The molecular formula is C9H14N2O2. The van der Waals surface area contributed by atoms with E-state index in [4.69, 9.17) is 4.42 Å². The molecule has 1 aromatic heterocycles. The quantitative estimate of drug-likeness (QED) is 0.770. The van der Waals surface area contributed by atoms with Crippen LogP contribution in [0.1, 0.15) is 36.6 Å². The maximum atomic E-state index is 11.4. The third kappa shape index (κ3) is 2.57. The van der Waals surface area contributed by atoms with Crippen LogP contribution in [0.4, 0.5) is 0 Å². The molecule has 0 bridgehead atoms. The lowest BCUT2D eigenvalue weighted by atomic mass is 10.2. The summed E-state index contributed by atoms with van der Waals surface area (Å²) < 4.78 is 4.93. The molecule has 0 saturated carbocycles. The minimum atomic E-state index is -0.175. The molecule has 1 aromatic rings. The zero-order valence-corrected chi connectivity index (χ0v) is 8.13. The summed E-state index contributed by atoms with van der Waals surface area (Å²) in [5, 5.41) is 2.80. The third-order valence-electron chi connectivity index (χ3n) is 1.84. The van der Waals surface area contributed by atoms with E-state index in [9.17, 15) is 4.79 Å². The number of carbonyl (C=O) groups is 1. The van der Waals surface area contributed by atoms with Crippen molar-refractivity contribution in [3.05, 3.63) is 17.8 Å². The highest BCUT2D eigenvalue weighted by Crippen LogP contribution is 2.00. The van der Waals surface area contributed by atoms with E-state index in [1.54, 1.807) is 6.92 Å². The summed E-state index contributed by atoms with van der Waals surface area (Å²) in [6, 6.07) is 0.171. The lowest BCUT2D eigenvalue weighted by Gasteiger charge is -2.08. The van der Waals surface area contributed by atoms with Crippen LogP contribution >= 0.6 is 0 Å². The molecule has 0 aromatic carbocycles. The van der Waals surface area contributed by atoms with Crippen LogP contribution in [0, 0.1) is 6.92 Å². The largest absolute Gasteiger partial charge is 0.448 e. The molecule has 0 unspecified atom stereocenters. The fourth-order valence-electron chi connectivity index (χ4n) is 0.868. The van der Waals surface area contributed by atoms with E-state index >= 15 is 0 Å². The highest BCUT2D eigenvalue weighted by atomic mass is 16.3. The summed E-state index contributed by atoms with van der Waals surface area (Å²) in [5.41, 5.74) is 0.345. The van der Waals surface area contributed by atoms with Gasteiger partial charge in [-0.15, -0.1) is 0 Å². The number of nitrogens with zero attached hydrogens (tertiary/aromatic N) is 1. The molecule has 0 radical (unpaired) electrons. The molecule has 1 heterocycles. The number of amides is 1. The van der Waals surface area contributed by atoms with Gasteiger partial charge >= 0.3 is 0 Å². The number of rotatable bonds is 3. The molecule has 0 aliphatic rings. The summed E-state index contributed by atoms with van der Waals surface area (Å²) >= 11 is 0. The van der Waals surface area contributed by atoms with Crippen LogP contribution in [0.3, 0.4) is 0 Å². The van der Waals surface area contributed by atoms with Crippen molar-refractivity contribution in [1.29, 1.82) is 0 Å². The number of hydrogen-bond acceptors (Lipinski definition) is 3. The third-order valence-corrected chi connectivity index (χ3v) is 1.84. The minimum Gasteiger partial charge on any atom is -0.448 e. The minimum absolute atomic E-state index is 0.171. The molecular weight excluding hydrogens is 168 g/mol. The summed E-state index contributed by atoms with van der Waals surface area (Å²) in [6.07, 6.45) is 2.27. The zero-order chi connectivity index (χ0) is 9.84. The average Bonchev–Trinajstić information content (AvgIpc) is 2.51. The first kappa shape index (κ1) is 9.77. The zero-order valence-electron chi connectivity index (χ0n) is 8.13. The maximum Gasteiger partial charge on any atom is 0.273 e. The van der Waals surface area contributed by atoms with Gasteiger partial charge < -0.3 is 9.73 Å². The molecule has 0 aliphatic heterocycles. The normalized spacial score (nSPS) is 12.5. The van der Waals surface area contributed by atoms with Gasteiger partial charge in [-0.25, -0.2) is 4.98 Å². The first-order chi connectivity index (χ1) is 6.13. The van der Waals surface area contributed by atoms with Gasteiger partial charge in [0.15, 0.2) is 11.6 Å². The van der Waals surface area contributed by atoms with Crippen LogP contribution in [0.25, 0.3) is 0 Å². The SMILES string of the molecule is CC[C@@H](C)NC(=O)c1coc(C)n1. The number of hydrogen-bond donors (Lipinski definition) is 1. The van der Waals surface area contributed by atoms with Crippen molar-refractivity contribution in [2.24, 2.45) is 0 Å². The first-order valence-electron chi connectivity index (χ1n) is 4.36. The van der Waals surface area contributed by atoms with Crippen molar-refractivity contribution in [1.82, 2.24) is 10.3 Å². The van der Waals surface area contributed by atoms with E-state index in [-0.39, 0.29) is 11.9 Å². The van der Waals surface area contributed by atoms with Gasteiger partial charge in [-0.3, -0.25) is 4.79 Å². The smallest absolute Gasteiger partial charge is 0.273 e. The standard InChI is InChI=1S/C9H14N2O2/c1-4-6(2)10-9(12)8-5-13-7(3)11-8/h5-6H,4H2,1-3H3,(H,10,12)/t6-/m1/s1. The molecule has 0 aliphatic carbocycles. The van der Waals surface area contributed by atoms with Crippen LogP contribution in [0.15, 0.2) is 10.7 Å². The second-order valence-electron chi connectivity index (χ2n) is 3.03. The number of aromatic nitrogens is 1. The molecule has 0 spiro atoms. The van der Waals surface area contributed by atoms with Gasteiger partial charge in [0.2, 0.25) is 0 Å². The number of oxazole rings is 1. The molecule has 4 heteroatoms. The van der Waals surface area contributed by atoms with Crippen LogP contribution < -0.4 is 5.32 Å². The Bertz CT molecular complexity index is 294. The van der Waals surface area contributed by atoms with Crippen molar-refractivity contribution in [3.8, 4) is 0 Å². The summed E-state index contributed by atoms with van der Waals surface area (Å²) in [7, 11) is 0. The summed E-state index contributed by atoms with van der Waals surface area (Å²) in [6.45, 7) is 5.67. The van der Waals surface area contributed by atoms with Gasteiger partial charge in [0, 0.05) is 13.0 Å². The van der Waals surface area contributed by atoms with Gasteiger partial charge in [-0.1, -0.05) is 6.92 Å². The summed E-state index contributed by atoms with van der Waals surface area (Å²) in [4.78, 5) is 15.3. The van der Waals surface area contributed by atoms with Crippen molar-refractivity contribution in [2.45, 2.75) is 33.2 Å². The molecule has 4 nitrogen and oxygen atoms in total. The fraction of sp³-hybridized carbons (Fsp3) is 0.556. The van der Waals surface area contributed by atoms with Crippen LogP contribution in [0.5, 0.6) is 0 Å². The molecule has 1 amide bonds. The van der Waals surface area contributed by atoms with Gasteiger partial charge in [0.1, 0.15) is 6.26 Å². The number of carbonyl (C=O) groups excluding carboxylic acids is 1. The van der Waals surface area contributed by atoms with E-state index in [2.05, 4.69) is 10.3 Å². The van der Waals surface area contributed by atoms with E-state index in [1.807, 2.05) is 13.8 Å². The van der Waals surface area contributed by atoms with E-state index < -0.39 is 0 Å². The lowest BCUT2D eigenvalue weighted by Crippen LogP contribution is -2.32. The van der Waals surface area contributed by atoms with Crippen LogP contribution in [-0.2, 0) is 0 Å². The van der Waals surface area contributed by atoms with Crippen molar-refractivity contribution < 1.29 is 9.21 Å². The molecule has 72 valence electrons. The van der Waals surface area contributed by atoms with Gasteiger partial charge in [-0.05, 0) is 13.3 Å².